The van der Waals surface area contributed by atoms with Crippen LogP contribution in [0.2, 0.25) is 0 Å². The third kappa shape index (κ3) is 7.39. The summed E-state index contributed by atoms with van der Waals surface area (Å²) in [4.78, 5) is 26.2. The predicted molar refractivity (Wildman–Crippen MR) is 196 cm³/mol. The molecule has 0 spiro atoms. The van der Waals surface area contributed by atoms with Crippen molar-refractivity contribution in [3.63, 3.8) is 0 Å². The number of carbonyl (C=O) groups excluding carboxylic acids is 1. The van der Waals surface area contributed by atoms with E-state index in [1.165, 1.54) is 13.4 Å². The molecule has 7 rings (SSSR count). The number of nitrogens with zero attached hydrogens (tertiary/aromatic N) is 4. The van der Waals surface area contributed by atoms with Gasteiger partial charge in [-0.25, -0.2) is 15.0 Å². The van der Waals surface area contributed by atoms with Crippen molar-refractivity contribution in [2.75, 3.05) is 33.3 Å². The van der Waals surface area contributed by atoms with E-state index in [2.05, 4.69) is 20.3 Å². The van der Waals surface area contributed by atoms with Crippen molar-refractivity contribution in [3.05, 3.63) is 144 Å². The van der Waals surface area contributed by atoms with Crippen LogP contribution in [0.15, 0.2) is 122 Å². The molecule has 1 aliphatic rings. The second-order valence-corrected chi connectivity index (χ2v) is 13.1. The molecular formula is C39H37N5O8P+. The van der Waals surface area contributed by atoms with Crippen molar-refractivity contribution in [3.8, 4) is 11.5 Å². The molecule has 0 bridgehead atoms. The third-order valence-corrected chi connectivity index (χ3v) is 9.87. The lowest BCUT2D eigenvalue weighted by Crippen LogP contribution is -2.38. The Kier molecular flexibility index (Phi) is 10.8. The number of hydrogen-bond donors (Lipinski definition) is 1. The fourth-order valence-electron chi connectivity index (χ4n) is 6.49. The zero-order valence-corrected chi connectivity index (χ0v) is 30.1. The number of benzene rings is 4. The van der Waals surface area contributed by atoms with Gasteiger partial charge in [-0.05, 0) is 53.1 Å². The molecule has 53 heavy (non-hydrogen) atoms. The van der Waals surface area contributed by atoms with Crippen molar-refractivity contribution in [2.45, 2.75) is 30.5 Å². The molecule has 1 unspecified atom stereocenters. The number of amides is 1. The highest BCUT2D eigenvalue weighted by Gasteiger charge is 2.46. The molecule has 270 valence electrons. The summed E-state index contributed by atoms with van der Waals surface area (Å²) < 4.78 is 50.1. The Morgan fingerprint density at radius 1 is 0.830 bits per heavy atom. The largest absolute Gasteiger partial charge is 0.697 e. The Labute approximate surface area is 306 Å². The zero-order valence-electron chi connectivity index (χ0n) is 29.2. The normalized spacial score (nSPS) is 17.4. The minimum atomic E-state index is -2.46. The maximum Gasteiger partial charge on any atom is 0.697 e. The van der Waals surface area contributed by atoms with Gasteiger partial charge in [0.25, 0.3) is 5.91 Å². The molecule has 1 saturated heterocycles. The number of ether oxygens (including phenoxy) is 4. The van der Waals surface area contributed by atoms with Gasteiger partial charge in [-0.3, -0.25) is 9.36 Å². The van der Waals surface area contributed by atoms with E-state index in [0.717, 1.165) is 16.7 Å². The fourth-order valence-corrected chi connectivity index (χ4v) is 7.02. The summed E-state index contributed by atoms with van der Waals surface area (Å²) in [5.74, 6) is 1.32. The Bertz CT molecular complexity index is 2120. The highest BCUT2D eigenvalue weighted by molar-refractivity contribution is 7.33. The molecule has 3 heterocycles. The molecule has 2 aromatic heterocycles. The second kappa shape index (κ2) is 16.0. The Morgan fingerprint density at radius 2 is 1.43 bits per heavy atom. The standard InChI is InChI=1S/C39H36N5O8P/c1-47-30-18-14-28(15-19-30)39(27-12-8-5-9-13-27,29-16-20-31(48-2)21-17-29)50-23-33-32(52-53(46)49-3)22-34(51-33)44-25-42-35-36(40-24-41-37(35)44)43-38(45)26-10-6-4-7-11-26/h4-21,24-25,32-34H,22-23H2,1-3H3/p+1/t32-,33+,34+/m0/s1. The number of hydrogen-bond acceptors (Lipinski definition) is 11. The van der Waals surface area contributed by atoms with Crippen molar-refractivity contribution >= 4 is 31.1 Å². The lowest BCUT2D eigenvalue weighted by molar-refractivity contribution is -0.0904. The molecule has 0 saturated carbocycles. The quantitative estimate of drug-likeness (QED) is 0.0905. The highest BCUT2D eigenvalue weighted by atomic mass is 31.1. The van der Waals surface area contributed by atoms with Crippen LogP contribution in [-0.2, 0) is 28.7 Å². The van der Waals surface area contributed by atoms with E-state index in [0.29, 0.717) is 28.2 Å². The second-order valence-electron chi connectivity index (χ2n) is 12.1. The Morgan fingerprint density at radius 3 is 2.04 bits per heavy atom. The third-order valence-electron chi connectivity index (χ3n) is 9.13. The van der Waals surface area contributed by atoms with Crippen LogP contribution < -0.4 is 14.8 Å². The molecule has 1 N–H and O–H groups in total. The average Bonchev–Trinajstić information content (AvgIpc) is 3.83. The molecule has 4 aromatic carbocycles. The Balaban J connectivity index is 1.23. The summed E-state index contributed by atoms with van der Waals surface area (Å²) in [7, 11) is 2.10. The van der Waals surface area contributed by atoms with Crippen molar-refractivity contribution in [1.82, 2.24) is 19.5 Å². The number of carbonyl (C=O) groups is 1. The molecule has 4 atom stereocenters. The molecule has 1 fully saturated rings. The van der Waals surface area contributed by atoms with Crippen LogP contribution >= 0.6 is 8.25 Å². The van der Waals surface area contributed by atoms with E-state index < -0.39 is 32.3 Å². The summed E-state index contributed by atoms with van der Waals surface area (Å²) >= 11 is 0. The van der Waals surface area contributed by atoms with E-state index in [1.54, 1.807) is 49.4 Å². The minimum absolute atomic E-state index is 0.0149. The molecule has 13 nitrogen and oxygen atoms in total. The van der Waals surface area contributed by atoms with Gasteiger partial charge in [0.05, 0.1) is 34.3 Å². The van der Waals surface area contributed by atoms with Crippen LogP contribution in [0.5, 0.6) is 11.5 Å². The number of imidazole rings is 1. The molecule has 1 aliphatic heterocycles. The first-order valence-electron chi connectivity index (χ1n) is 16.8. The van der Waals surface area contributed by atoms with E-state index in [9.17, 15) is 9.36 Å². The lowest BCUT2D eigenvalue weighted by atomic mass is 9.80. The summed E-state index contributed by atoms with van der Waals surface area (Å²) in [6.07, 6.45) is 1.11. The van der Waals surface area contributed by atoms with Crippen molar-refractivity contribution in [2.24, 2.45) is 0 Å². The van der Waals surface area contributed by atoms with Gasteiger partial charge in [-0.15, -0.1) is 9.05 Å². The summed E-state index contributed by atoms with van der Waals surface area (Å²) in [5.41, 5.74) is 2.70. The maximum absolute atomic E-state index is 12.9. The molecule has 6 aromatic rings. The van der Waals surface area contributed by atoms with Crippen LogP contribution in [-0.4, -0.2) is 65.6 Å². The molecular weight excluding hydrogens is 697 g/mol. The van der Waals surface area contributed by atoms with E-state index >= 15 is 0 Å². The number of aromatic nitrogens is 4. The number of fused-ring (bicyclic) bond motifs is 1. The van der Waals surface area contributed by atoms with Gasteiger partial charge in [-0.1, -0.05) is 72.8 Å². The van der Waals surface area contributed by atoms with Crippen LogP contribution in [0.3, 0.4) is 0 Å². The van der Waals surface area contributed by atoms with Gasteiger partial charge in [-0.2, -0.15) is 0 Å². The van der Waals surface area contributed by atoms with E-state index in [-0.39, 0.29) is 24.8 Å². The molecule has 1 amide bonds. The first kappa shape index (κ1) is 35.8. The fraction of sp³-hybridized carbons (Fsp3) is 0.231. The van der Waals surface area contributed by atoms with Crippen molar-refractivity contribution in [1.29, 1.82) is 0 Å². The smallest absolute Gasteiger partial charge is 0.497 e. The van der Waals surface area contributed by atoms with Crippen LogP contribution in [0, 0.1) is 0 Å². The summed E-state index contributed by atoms with van der Waals surface area (Å²) in [5, 5.41) is 2.83. The predicted octanol–water partition coefficient (Wildman–Crippen LogP) is 7.08. The van der Waals surface area contributed by atoms with Gasteiger partial charge in [0.1, 0.15) is 41.9 Å². The van der Waals surface area contributed by atoms with E-state index in [4.69, 9.17) is 28.0 Å². The van der Waals surface area contributed by atoms with Crippen LogP contribution in [0.1, 0.15) is 39.7 Å². The van der Waals surface area contributed by atoms with Crippen LogP contribution in [0.4, 0.5) is 5.82 Å². The van der Waals surface area contributed by atoms with Gasteiger partial charge in [0.2, 0.25) is 0 Å². The van der Waals surface area contributed by atoms with Crippen LogP contribution in [0.25, 0.3) is 11.2 Å². The first-order chi connectivity index (χ1) is 25.9. The van der Waals surface area contributed by atoms with Gasteiger partial charge in [0, 0.05) is 16.5 Å². The maximum atomic E-state index is 12.9. The van der Waals surface area contributed by atoms with Crippen molar-refractivity contribution < 1.29 is 37.4 Å². The zero-order chi connectivity index (χ0) is 36.8. The first-order valence-corrected chi connectivity index (χ1v) is 17.9. The average molecular weight is 735 g/mol. The molecule has 0 radical (unpaired) electrons. The lowest BCUT2D eigenvalue weighted by Gasteiger charge is -2.37. The van der Waals surface area contributed by atoms with Gasteiger partial charge < -0.3 is 24.3 Å². The van der Waals surface area contributed by atoms with Gasteiger partial charge in [0.15, 0.2) is 17.0 Å². The summed E-state index contributed by atoms with van der Waals surface area (Å²) in [6, 6.07) is 34.1. The number of methoxy groups -OCH3 is 2. The van der Waals surface area contributed by atoms with Gasteiger partial charge >= 0.3 is 8.25 Å². The number of rotatable bonds is 14. The minimum Gasteiger partial charge on any atom is -0.497 e. The Hall–Kier alpha value is -5.56. The highest BCUT2D eigenvalue weighted by Crippen LogP contribution is 2.44. The molecule has 14 heteroatoms. The number of nitrogens with one attached hydrogen (secondary N) is 1. The topological polar surface area (TPSA) is 145 Å². The molecule has 0 aliphatic carbocycles. The summed E-state index contributed by atoms with van der Waals surface area (Å²) in [6.45, 7) is 0.0149. The van der Waals surface area contributed by atoms with E-state index in [1.807, 2.05) is 84.9 Å². The SMILES string of the molecule is COc1ccc(C(OC[C@H]2O[C@@H](n3cnc4c(NC(=O)c5ccccc5)ncnc43)C[C@@H]2O[P+](=O)OC)(c2ccccc2)c2ccc(OC)cc2)cc1. The monoisotopic (exact) mass is 734 g/mol. The number of anilines is 1.